The second-order valence-corrected chi connectivity index (χ2v) is 6.30. The average molecular weight is 270 g/mol. The van der Waals surface area contributed by atoms with E-state index in [2.05, 4.69) is 16.0 Å². The van der Waals surface area contributed by atoms with Gasteiger partial charge in [-0.3, -0.25) is 9.79 Å². The Hall–Kier alpha value is -1.55. The summed E-state index contributed by atoms with van der Waals surface area (Å²) in [5.41, 5.74) is 2.78. The molecule has 0 bridgehead atoms. The molecule has 0 spiro atoms. The van der Waals surface area contributed by atoms with Crippen molar-refractivity contribution in [3.8, 4) is 0 Å². The van der Waals surface area contributed by atoms with Crippen molar-refractivity contribution in [2.24, 2.45) is 4.99 Å². The highest BCUT2D eigenvalue weighted by molar-refractivity contribution is 7.18. The lowest BCUT2D eigenvalue weighted by molar-refractivity contribution is 0.0996. The number of rotatable bonds is 0. The van der Waals surface area contributed by atoms with Gasteiger partial charge in [-0.15, -0.1) is 11.3 Å². The molecule has 3 nitrogen and oxygen atoms in total. The van der Waals surface area contributed by atoms with Crippen molar-refractivity contribution >= 4 is 39.2 Å². The molecule has 0 amide bonds. The standard InChI is InChI=1S/C15H14N2OS/c18-12-6-7-16-11-8-10-9-4-2-1-3-5-13(9)19-15(10)17-14(11)12/h7-8H,1-6H2. The first-order chi connectivity index (χ1) is 9.33. The SMILES string of the molecule is O=C1CC=Nc2cc3c4c(sc3nc21)CCCCC4. The van der Waals surface area contributed by atoms with Crippen molar-refractivity contribution in [1.82, 2.24) is 4.98 Å². The van der Waals surface area contributed by atoms with E-state index in [0.29, 0.717) is 12.1 Å². The number of aliphatic imine (C=N–C) groups is 1. The van der Waals surface area contributed by atoms with Crippen LogP contribution in [-0.4, -0.2) is 17.0 Å². The van der Waals surface area contributed by atoms with Crippen LogP contribution >= 0.6 is 11.3 Å². The number of carbonyl (C=O) groups excluding carboxylic acids is 1. The van der Waals surface area contributed by atoms with Crippen LogP contribution < -0.4 is 0 Å². The minimum absolute atomic E-state index is 0.0931. The topological polar surface area (TPSA) is 42.3 Å². The fraction of sp³-hybridized carbons (Fsp3) is 0.400. The first-order valence-electron chi connectivity index (χ1n) is 6.84. The number of aryl methyl sites for hydroxylation is 2. The number of aromatic nitrogens is 1. The quantitative estimate of drug-likeness (QED) is 0.682. The number of nitrogens with zero attached hydrogens (tertiary/aromatic N) is 2. The number of carbonyl (C=O) groups is 1. The van der Waals surface area contributed by atoms with Crippen LogP contribution in [-0.2, 0) is 12.8 Å². The third-order valence-corrected chi connectivity index (χ3v) is 5.15. The minimum Gasteiger partial charge on any atom is -0.292 e. The van der Waals surface area contributed by atoms with Crippen LogP contribution in [0.5, 0.6) is 0 Å². The first-order valence-corrected chi connectivity index (χ1v) is 7.65. The number of Topliss-reactive ketones (excluding diaryl/α,β-unsaturated/α-hetero) is 1. The molecule has 0 saturated heterocycles. The van der Waals surface area contributed by atoms with Gasteiger partial charge in [-0.05, 0) is 37.3 Å². The van der Waals surface area contributed by atoms with Gasteiger partial charge < -0.3 is 0 Å². The molecule has 1 aliphatic carbocycles. The molecule has 0 radical (unpaired) electrons. The summed E-state index contributed by atoms with van der Waals surface area (Å²) in [6.45, 7) is 0. The van der Waals surface area contributed by atoms with E-state index in [4.69, 9.17) is 0 Å². The molecule has 2 aromatic heterocycles. The van der Waals surface area contributed by atoms with Crippen molar-refractivity contribution in [3.63, 3.8) is 0 Å². The monoisotopic (exact) mass is 270 g/mol. The zero-order valence-electron chi connectivity index (χ0n) is 10.6. The van der Waals surface area contributed by atoms with Crippen LogP contribution in [0.15, 0.2) is 11.1 Å². The second kappa shape index (κ2) is 4.23. The molecular weight excluding hydrogens is 256 g/mol. The van der Waals surface area contributed by atoms with E-state index < -0.39 is 0 Å². The Morgan fingerprint density at radius 2 is 2.05 bits per heavy atom. The molecule has 0 aromatic carbocycles. The average Bonchev–Trinajstić information content (AvgIpc) is 2.59. The van der Waals surface area contributed by atoms with Gasteiger partial charge in [0.25, 0.3) is 0 Å². The van der Waals surface area contributed by atoms with Crippen molar-refractivity contribution in [2.75, 3.05) is 0 Å². The van der Waals surface area contributed by atoms with Crippen molar-refractivity contribution in [1.29, 1.82) is 0 Å². The van der Waals surface area contributed by atoms with Crippen LogP contribution in [0.25, 0.3) is 10.2 Å². The van der Waals surface area contributed by atoms with Crippen molar-refractivity contribution in [3.05, 3.63) is 22.2 Å². The Morgan fingerprint density at radius 1 is 1.16 bits per heavy atom. The molecule has 0 unspecified atom stereocenters. The summed E-state index contributed by atoms with van der Waals surface area (Å²) in [7, 11) is 0. The molecular formula is C15H14N2OS. The predicted octanol–water partition coefficient (Wildman–Crippen LogP) is 3.85. The van der Waals surface area contributed by atoms with E-state index in [1.807, 2.05) is 0 Å². The van der Waals surface area contributed by atoms with Crippen LogP contribution in [0, 0.1) is 0 Å². The van der Waals surface area contributed by atoms with Gasteiger partial charge in [0, 0.05) is 22.9 Å². The lowest BCUT2D eigenvalue weighted by Gasteiger charge is -2.08. The maximum atomic E-state index is 11.9. The largest absolute Gasteiger partial charge is 0.292 e. The maximum absolute atomic E-state index is 11.9. The summed E-state index contributed by atoms with van der Waals surface area (Å²) < 4.78 is 0. The second-order valence-electron chi connectivity index (χ2n) is 5.21. The molecule has 96 valence electrons. The number of fused-ring (bicyclic) bond motifs is 4. The van der Waals surface area contributed by atoms with Gasteiger partial charge in [-0.1, -0.05) is 6.42 Å². The Morgan fingerprint density at radius 3 is 3.00 bits per heavy atom. The fourth-order valence-corrected chi connectivity index (χ4v) is 4.22. The van der Waals surface area contributed by atoms with Crippen LogP contribution in [0.1, 0.15) is 46.6 Å². The number of hydrogen-bond acceptors (Lipinski definition) is 4. The Kier molecular flexibility index (Phi) is 2.52. The van der Waals surface area contributed by atoms with Gasteiger partial charge in [-0.25, -0.2) is 4.98 Å². The lowest BCUT2D eigenvalue weighted by Crippen LogP contribution is -2.06. The van der Waals surface area contributed by atoms with E-state index in [-0.39, 0.29) is 5.78 Å². The normalized spacial score (nSPS) is 18.2. The predicted molar refractivity (Wildman–Crippen MR) is 78.0 cm³/mol. The van der Waals surface area contributed by atoms with E-state index in [1.54, 1.807) is 17.6 Å². The molecule has 0 N–H and O–H groups in total. The van der Waals surface area contributed by atoms with Gasteiger partial charge in [0.15, 0.2) is 5.78 Å². The van der Waals surface area contributed by atoms with E-state index in [9.17, 15) is 4.79 Å². The molecule has 2 aliphatic rings. The number of ketones is 1. The summed E-state index contributed by atoms with van der Waals surface area (Å²) in [6.07, 6.45) is 8.25. The summed E-state index contributed by atoms with van der Waals surface area (Å²) in [4.78, 5) is 23.3. The number of thiophene rings is 1. The number of pyridine rings is 1. The summed E-state index contributed by atoms with van der Waals surface area (Å²) in [6, 6.07) is 2.08. The highest BCUT2D eigenvalue weighted by Crippen LogP contribution is 2.38. The Balaban J connectivity index is 1.98. The molecule has 0 atom stereocenters. The van der Waals surface area contributed by atoms with Gasteiger partial charge in [-0.2, -0.15) is 0 Å². The van der Waals surface area contributed by atoms with Crippen LogP contribution in [0.2, 0.25) is 0 Å². The van der Waals surface area contributed by atoms with Gasteiger partial charge in [0.1, 0.15) is 10.5 Å². The smallest absolute Gasteiger partial charge is 0.188 e. The molecule has 0 fully saturated rings. The molecule has 0 saturated carbocycles. The first kappa shape index (κ1) is 11.3. The fourth-order valence-electron chi connectivity index (χ4n) is 2.98. The summed E-state index contributed by atoms with van der Waals surface area (Å²) in [5, 5.41) is 1.23. The molecule has 2 aromatic rings. The van der Waals surface area contributed by atoms with Crippen LogP contribution in [0.3, 0.4) is 0 Å². The molecule has 19 heavy (non-hydrogen) atoms. The number of hydrogen-bond donors (Lipinski definition) is 0. The zero-order chi connectivity index (χ0) is 12.8. The molecule has 1 aliphatic heterocycles. The Labute approximate surface area is 115 Å². The molecule has 4 heteroatoms. The zero-order valence-corrected chi connectivity index (χ0v) is 11.4. The molecule has 3 heterocycles. The summed E-state index contributed by atoms with van der Waals surface area (Å²) >= 11 is 1.77. The molecule has 4 rings (SSSR count). The maximum Gasteiger partial charge on any atom is 0.188 e. The van der Waals surface area contributed by atoms with Gasteiger partial charge >= 0.3 is 0 Å². The highest BCUT2D eigenvalue weighted by Gasteiger charge is 2.21. The highest BCUT2D eigenvalue weighted by atomic mass is 32.1. The van der Waals surface area contributed by atoms with Gasteiger partial charge in [0.05, 0.1) is 5.69 Å². The van der Waals surface area contributed by atoms with E-state index in [1.165, 1.54) is 35.1 Å². The lowest BCUT2D eigenvalue weighted by atomic mass is 10.0. The van der Waals surface area contributed by atoms with Gasteiger partial charge in [0.2, 0.25) is 0 Å². The third-order valence-electron chi connectivity index (χ3n) is 3.95. The third kappa shape index (κ3) is 1.74. The Bertz CT molecular complexity index is 714. The van der Waals surface area contributed by atoms with Crippen LogP contribution in [0.4, 0.5) is 5.69 Å². The minimum atomic E-state index is 0.0931. The van der Waals surface area contributed by atoms with Crippen molar-refractivity contribution in [2.45, 2.75) is 38.5 Å². The van der Waals surface area contributed by atoms with Crippen molar-refractivity contribution < 1.29 is 4.79 Å². The van der Waals surface area contributed by atoms with E-state index in [0.717, 1.165) is 23.4 Å². The summed E-state index contributed by atoms with van der Waals surface area (Å²) in [5.74, 6) is 0.0931. The van der Waals surface area contributed by atoms with E-state index >= 15 is 0 Å².